The van der Waals surface area contributed by atoms with Crippen LogP contribution in [0.3, 0.4) is 0 Å². The van der Waals surface area contributed by atoms with E-state index in [4.69, 9.17) is 34.7 Å². The van der Waals surface area contributed by atoms with Gasteiger partial charge in [-0.25, -0.2) is 0 Å². The number of hydrogen-bond acceptors (Lipinski definition) is 2. The average Bonchev–Trinajstić information content (AvgIpc) is 2.35. The minimum absolute atomic E-state index is 0.0536. The van der Waals surface area contributed by atoms with Crippen molar-refractivity contribution in [3.8, 4) is 0 Å². The lowest BCUT2D eigenvalue weighted by Crippen LogP contribution is -2.46. The van der Waals surface area contributed by atoms with Crippen LogP contribution in [-0.2, 0) is 6.42 Å². The maximum Gasteiger partial charge on any atom is 0.0595 e. The Balaban J connectivity index is 1.92. The fraction of sp³-hybridized carbons (Fsp3) is 0.571. The Labute approximate surface area is 119 Å². The van der Waals surface area contributed by atoms with E-state index in [1.54, 1.807) is 0 Å². The van der Waals surface area contributed by atoms with Gasteiger partial charge in [0.2, 0.25) is 0 Å². The van der Waals surface area contributed by atoms with Gasteiger partial charge in [-0.05, 0) is 56.2 Å². The van der Waals surface area contributed by atoms with Gasteiger partial charge < -0.3 is 11.5 Å². The van der Waals surface area contributed by atoms with Gasteiger partial charge in [0.05, 0.1) is 10.0 Å². The van der Waals surface area contributed by atoms with Gasteiger partial charge in [0, 0.05) is 11.6 Å². The Hall–Kier alpha value is -0.280. The first-order valence-electron chi connectivity index (χ1n) is 6.47. The van der Waals surface area contributed by atoms with Crippen molar-refractivity contribution >= 4 is 23.2 Å². The van der Waals surface area contributed by atoms with Crippen molar-refractivity contribution in [2.24, 2.45) is 11.5 Å². The fourth-order valence-corrected chi connectivity index (χ4v) is 2.87. The van der Waals surface area contributed by atoms with Crippen LogP contribution in [0.5, 0.6) is 0 Å². The zero-order valence-electron chi connectivity index (χ0n) is 10.5. The summed E-state index contributed by atoms with van der Waals surface area (Å²) < 4.78 is 0. The summed E-state index contributed by atoms with van der Waals surface area (Å²) in [6.45, 7) is 0. The number of halogens is 2. The molecule has 0 bridgehead atoms. The Morgan fingerprint density at radius 1 is 1.17 bits per heavy atom. The highest BCUT2D eigenvalue weighted by Crippen LogP contribution is 2.30. The highest BCUT2D eigenvalue weighted by molar-refractivity contribution is 6.42. The summed E-state index contributed by atoms with van der Waals surface area (Å²) in [7, 11) is 0. The Morgan fingerprint density at radius 3 is 2.44 bits per heavy atom. The molecule has 0 amide bonds. The molecule has 0 atom stereocenters. The van der Waals surface area contributed by atoms with Crippen LogP contribution in [-0.4, -0.2) is 11.6 Å². The smallest absolute Gasteiger partial charge is 0.0595 e. The molecule has 1 aliphatic rings. The van der Waals surface area contributed by atoms with Crippen molar-refractivity contribution in [2.75, 3.05) is 0 Å². The molecule has 0 unspecified atom stereocenters. The van der Waals surface area contributed by atoms with Gasteiger partial charge in [0.15, 0.2) is 0 Å². The van der Waals surface area contributed by atoms with E-state index in [1.807, 2.05) is 18.2 Å². The molecule has 0 radical (unpaired) electrons. The first kappa shape index (κ1) is 14.1. The standard InChI is InChI=1S/C14H20Cl2N2/c15-12-2-1-10(9-13(12)16)3-6-14(18)7-4-11(17)5-8-14/h1-2,9,11H,3-8,17-18H2. The lowest BCUT2D eigenvalue weighted by Gasteiger charge is -2.36. The van der Waals surface area contributed by atoms with Gasteiger partial charge in [-0.2, -0.15) is 0 Å². The topological polar surface area (TPSA) is 52.0 Å². The molecule has 0 spiro atoms. The number of nitrogens with two attached hydrogens (primary N) is 2. The summed E-state index contributed by atoms with van der Waals surface area (Å²) in [5, 5.41) is 1.22. The van der Waals surface area contributed by atoms with Crippen LogP contribution >= 0.6 is 23.2 Å². The van der Waals surface area contributed by atoms with Crippen molar-refractivity contribution in [3.05, 3.63) is 33.8 Å². The third-order valence-corrected chi connectivity index (χ3v) is 4.66. The molecule has 1 aliphatic carbocycles. The van der Waals surface area contributed by atoms with Gasteiger partial charge in [-0.15, -0.1) is 0 Å². The summed E-state index contributed by atoms with van der Waals surface area (Å²) in [4.78, 5) is 0. The molecule has 100 valence electrons. The SMILES string of the molecule is NC1CCC(N)(CCc2ccc(Cl)c(Cl)c2)CC1. The number of aryl methyl sites for hydroxylation is 1. The Morgan fingerprint density at radius 2 is 1.83 bits per heavy atom. The van der Waals surface area contributed by atoms with E-state index >= 15 is 0 Å². The molecule has 1 aromatic rings. The molecular weight excluding hydrogens is 267 g/mol. The van der Waals surface area contributed by atoms with Crippen molar-refractivity contribution in [2.45, 2.75) is 50.1 Å². The van der Waals surface area contributed by atoms with E-state index < -0.39 is 0 Å². The summed E-state index contributed by atoms with van der Waals surface area (Å²) in [5.74, 6) is 0. The van der Waals surface area contributed by atoms with Crippen molar-refractivity contribution < 1.29 is 0 Å². The molecule has 0 aliphatic heterocycles. The largest absolute Gasteiger partial charge is 0.328 e. The molecule has 2 rings (SSSR count). The van der Waals surface area contributed by atoms with E-state index in [2.05, 4.69) is 0 Å². The van der Waals surface area contributed by atoms with Gasteiger partial charge in [-0.1, -0.05) is 29.3 Å². The zero-order valence-corrected chi connectivity index (χ0v) is 12.0. The minimum atomic E-state index is -0.0536. The lowest BCUT2D eigenvalue weighted by molar-refractivity contribution is 0.258. The molecular formula is C14H20Cl2N2. The van der Waals surface area contributed by atoms with Crippen LogP contribution in [0.2, 0.25) is 10.0 Å². The van der Waals surface area contributed by atoms with Crippen molar-refractivity contribution in [1.29, 1.82) is 0 Å². The van der Waals surface area contributed by atoms with Crippen LogP contribution in [0.4, 0.5) is 0 Å². The molecule has 4 N–H and O–H groups in total. The number of rotatable bonds is 3. The second-order valence-electron chi connectivity index (χ2n) is 5.45. The maximum atomic E-state index is 6.42. The normalized spacial score (nSPS) is 28.3. The van der Waals surface area contributed by atoms with Gasteiger partial charge in [0.25, 0.3) is 0 Å². The van der Waals surface area contributed by atoms with Crippen LogP contribution in [0.15, 0.2) is 18.2 Å². The third kappa shape index (κ3) is 3.61. The molecule has 4 heteroatoms. The minimum Gasteiger partial charge on any atom is -0.328 e. The summed E-state index contributed by atoms with van der Waals surface area (Å²) >= 11 is 11.9. The number of benzene rings is 1. The van der Waals surface area contributed by atoms with Gasteiger partial charge in [0.1, 0.15) is 0 Å². The van der Waals surface area contributed by atoms with Crippen molar-refractivity contribution in [3.63, 3.8) is 0 Å². The van der Waals surface area contributed by atoms with Crippen LogP contribution < -0.4 is 11.5 Å². The monoisotopic (exact) mass is 286 g/mol. The Kier molecular flexibility index (Phi) is 4.54. The molecule has 0 heterocycles. The highest BCUT2D eigenvalue weighted by Gasteiger charge is 2.29. The van der Waals surface area contributed by atoms with Crippen LogP contribution in [0.25, 0.3) is 0 Å². The Bertz CT molecular complexity index is 412. The highest BCUT2D eigenvalue weighted by atomic mass is 35.5. The zero-order chi connectivity index (χ0) is 13.2. The molecule has 1 saturated carbocycles. The maximum absolute atomic E-state index is 6.42. The first-order valence-corrected chi connectivity index (χ1v) is 7.22. The van der Waals surface area contributed by atoms with E-state index in [9.17, 15) is 0 Å². The van der Waals surface area contributed by atoms with E-state index in [0.29, 0.717) is 16.1 Å². The summed E-state index contributed by atoms with van der Waals surface area (Å²) in [6, 6.07) is 6.14. The van der Waals surface area contributed by atoms with Crippen LogP contribution in [0.1, 0.15) is 37.7 Å². The second kappa shape index (κ2) is 5.79. The first-order chi connectivity index (χ1) is 8.48. The molecule has 0 aromatic heterocycles. The summed E-state index contributed by atoms with van der Waals surface area (Å²) in [5.41, 5.74) is 13.5. The molecule has 2 nitrogen and oxygen atoms in total. The predicted molar refractivity (Wildman–Crippen MR) is 78.1 cm³/mol. The van der Waals surface area contributed by atoms with Gasteiger partial charge in [-0.3, -0.25) is 0 Å². The van der Waals surface area contributed by atoms with Crippen LogP contribution in [0, 0.1) is 0 Å². The van der Waals surface area contributed by atoms with E-state index in [-0.39, 0.29) is 5.54 Å². The number of hydrogen-bond donors (Lipinski definition) is 2. The average molecular weight is 287 g/mol. The quantitative estimate of drug-likeness (QED) is 0.893. The van der Waals surface area contributed by atoms with E-state index in [1.165, 1.54) is 5.56 Å². The molecule has 1 aromatic carbocycles. The van der Waals surface area contributed by atoms with E-state index in [0.717, 1.165) is 38.5 Å². The van der Waals surface area contributed by atoms with Gasteiger partial charge >= 0.3 is 0 Å². The molecule has 0 saturated heterocycles. The third-order valence-electron chi connectivity index (χ3n) is 3.92. The fourth-order valence-electron chi connectivity index (χ4n) is 2.55. The molecule has 18 heavy (non-hydrogen) atoms. The summed E-state index contributed by atoms with van der Waals surface area (Å²) in [6.07, 6.45) is 6.06. The van der Waals surface area contributed by atoms with Crippen molar-refractivity contribution in [1.82, 2.24) is 0 Å². The molecule has 1 fully saturated rings. The lowest BCUT2D eigenvalue weighted by atomic mass is 9.77. The predicted octanol–water partition coefficient (Wildman–Crippen LogP) is 3.52. The second-order valence-corrected chi connectivity index (χ2v) is 6.26.